The van der Waals surface area contributed by atoms with Crippen LogP contribution in [0.1, 0.15) is 43.4 Å². The standard InChI is InChI=1S/C22H27NO4S/c1-15-7-9-18(13-16(15)2)28(25)12-6-5-11-26-17-8-10-20-19(14-17)22(3,4)27-21(24)23-20/h7-10,13-14H,5-6,11-12H2,1-4H3,(H,23,24). The Bertz CT molecular complexity index is 866. The van der Waals surface area contributed by atoms with Gasteiger partial charge < -0.3 is 14.0 Å². The average Bonchev–Trinajstić information content (AvgIpc) is 2.63. The molecule has 0 spiro atoms. The van der Waals surface area contributed by atoms with Gasteiger partial charge in [-0.05, 0) is 93.2 Å². The zero-order valence-corrected chi connectivity index (χ0v) is 17.7. The van der Waals surface area contributed by atoms with E-state index in [0.29, 0.717) is 12.4 Å². The minimum absolute atomic E-state index is 0.442. The number of nitrogens with one attached hydrogen (secondary N) is 1. The van der Waals surface area contributed by atoms with Crippen LogP contribution >= 0.6 is 0 Å². The van der Waals surface area contributed by atoms with Crippen LogP contribution in [0.15, 0.2) is 41.3 Å². The maximum atomic E-state index is 12.4. The lowest BCUT2D eigenvalue weighted by atomic mass is 9.94. The molecule has 0 aliphatic carbocycles. The van der Waals surface area contributed by atoms with E-state index in [1.165, 1.54) is 11.1 Å². The zero-order valence-electron chi connectivity index (χ0n) is 16.8. The fraction of sp³-hybridized carbons (Fsp3) is 0.409. The lowest BCUT2D eigenvalue weighted by Crippen LogP contribution is -2.34. The second kappa shape index (κ2) is 8.45. The van der Waals surface area contributed by atoms with E-state index in [1.807, 2.05) is 57.2 Å². The van der Waals surface area contributed by atoms with E-state index < -0.39 is 22.9 Å². The number of ether oxygens (including phenoxy) is 2. The molecule has 1 N–H and O–H groups in total. The first-order valence-electron chi connectivity index (χ1n) is 9.49. The summed E-state index contributed by atoms with van der Waals surface area (Å²) in [6.45, 7) is 8.37. The number of carbonyl (C=O) groups is 1. The van der Waals surface area contributed by atoms with Crippen LogP contribution < -0.4 is 10.1 Å². The Kier molecular flexibility index (Phi) is 6.20. The van der Waals surface area contributed by atoms with Gasteiger partial charge in [0.25, 0.3) is 0 Å². The Balaban J connectivity index is 1.48. The molecule has 3 rings (SSSR count). The summed E-state index contributed by atoms with van der Waals surface area (Å²) in [7, 11) is 0. The molecule has 1 aliphatic heterocycles. The Labute approximate surface area is 169 Å². The minimum Gasteiger partial charge on any atom is -0.611 e. The smallest absolute Gasteiger partial charge is 0.412 e. The molecular formula is C22H27NO4S. The normalized spacial score (nSPS) is 16.0. The molecule has 0 fully saturated rings. The van der Waals surface area contributed by atoms with Crippen LogP contribution in [-0.4, -0.2) is 23.0 Å². The molecule has 2 aromatic rings. The van der Waals surface area contributed by atoms with Crippen molar-refractivity contribution in [2.24, 2.45) is 0 Å². The van der Waals surface area contributed by atoms with Crippen molar-refractivity contribution < 1.29 is 18.8 Å². The summed E-state index contributed by atoms with van der Waals surface area (Å²) >= 11 is -0.978. The summed E-state index contributed by atoms with van der Waals surface area (Å²) in [5.41, 5.74) is 3.33. The predicted molar refractivity (Wildman–Crippen MR) is 111 cm³/mol. The predicted octanol–water partition coefficient (Wildman–Crippen LogP) is 5.07. The molecule has 0 radical (unpaired) electrons. The van der Waals surface area contributed by atoms with Gasteiger partial charge in [-0.3, -0.25) is 5.32 Å². The number of unbranched alkanes of at least 4 members (excludes halogenated alkanes) is 1. The molecule has 1 aliphatic rings. The first kappa shape index (κ1) is 20.6. The van der Waals surface area contributed by atoms with Crippen LogP contribution in [0, 0.1) is 13.8 Å². The summed E-state index contributed by atoms with van der Waals surface area (Å²) in [5, 5.41) is 2.70. The third-order valence-electron chi connectivity index (χ3n) is 4.96. The van der Waals surface area contributed by atoms with E-state index >= 15 is 0 Å². The van der Waals surface area contributed by atoms with Crippen molar-refractivity contribution in [1.82, 2.24) is 0 Å². The molecule has 150 valence electrons. The van der Waals surface area contributed by atoms with Crippen LogP contribution in [0.25, 0.3) is 0 Å². The number of carbonyl (C=O) groups excluding carboxylic acids is 1. The van der Waals surface area contributed by atoms with Crippen molar-refractivity contribution in [2.45, 2.75) is 51.0 Å². The average molecular weight is 402 g/mol. The van der Waals surface area contributed by atoms with E-state index in [0.717, 1.165) is 34.7 Å². The lowest BCUT2D eigenvalue weighted by molar-refractivity contribution is 0.0418. The maximum Gasteiger partial charge on any atom is 0.412 e. The van der Waals surface area contributed by atoms with Crippen LogP contribution in [0.3, 0.4) is 0 Å². The van der Waals surface area contributed by atoms with Gasteiger partial charge in [-0.15, -0.1) is 0 Å². The van der Waals surface area contributed by atoms with E-state index in [4.69, 9.17) is 9.47 Å². The molecule has 1 unspecified atom stereocenters. The molecule has 0 saturated carbocycles. The maximum absolute atomic E-state index is 12.4. The fourth-order valence-corrected chi connectivity index (χ4v) is 4.37. The number of amides is 1. The van der Waals surface area contributed by atoms with Gasteiger partial charge in [0.2, 0.25) is 0 Å². The molecule has 6 heteroatoms. The van der Waals surface area contributed by atoms with Crippen molar-refractivity contribution in [2.75, 3.05) is 17.7 Å². The highest BCUT2D eigenvalue weighted by atomic mass is 32.2. The second-order valence-corrected chi connectivity index (χ2v) is 9.15. The molecule has 0 bridgehead atoms. The molecule has 2 aromatic carbocycles. The zero-order chi connectivity index (χ0) is 20.3. The molecule has 5 nitrogen and oxygen atoms in total. The van der Waals surface area contributed by atoms with Crippen LogP contribution in [0.2, 0.25) is 0 Å². The topological polar surface area (TPSA) is 70.6 Å². The van der Waals surface area contributed by atoms with Gasteiger partial charge in [-0.25, -0.2) is 4.79 Å². The molecular weight excluding hydrogens is 374 g/mol. The van der Waals surface area contributed by atoms with Gasteiger partial charge in [0.1, 0.15) is 17.1 Å². The quantitative estimate of drug-likeness (QED) is 0.519. The molecule has 0 saturated heterocycles. The summed E-state index contributed by atoms with van der Waals surface area (Å²) in [5.74, 6) is 1.37. The van der Waals surface area contributed by atoms with Crippen LogP contribution in [0.4, 0.5) is 10.5 Å². The van der Waals surface area contributed by atoms with Crippen LogP contribution in [-0.2, 0) is 21.5 Å². The van der Waals surface area contributed by atoms with Crippen LogP contribution in [0.5, 0.6) is 5.75 Å². The number of hydrogen-bond acceptors (Lipinski definition) is 4. The van der Waals surface area contributed by atoms with E-state index in [-0.39, 0.29) is 0 Å². The molecule has 1 atom stereocenters. The number of cyclic esters (lactones) is 1. The highest BCUT2D eigenvalue weighted by molar-refractivity contribution is 7.91. The molecule has 0 aromatic heterocycles. The highest BCUT2D eigenvalue weighted by Crippen LogP contribution is 2.37. The number of aryl methyl sites for hydroxylation is 2. The Morgan fingerprint density at radius 1 is 1.11 bits per heavy atom. The lowest BCUT2D eigenvalue weighted by Gasteiger charge is -2.32. The van der Waals surface area contributed by atoms with Gasteiger partial charge in [0, 0.05) is 5.56 Å². The SMILES string of the molecule is Cc1ccc([S+]([O-])CCCCOc2ccc3c(c2)C(C)(C)OC(=O)N3)cc1C. The van der Waals surface area contributed by atoms with Crippen molar-refractivity contribution in [3.8, 4) is 5.75 Å². The van der Waals surface area contributed by atoms with Crippen molar-refractivity contribution in [1.29, 1.82) is 0 Å². The van der Waals surface area contributed by atoms with Crippen molar-refractivity contribution >= 4 is 23.0 Å². The van der Waals surface area contributed by atoms with Gasteiger partial charge in [0.15, 0.2) is 4.90 Å². The van der Waals surface area contributed by atoms with Crippen molar-refractivity contribution in [3.63, 3.8) is 0 Å². The van der Waals surface area contributed by atoms with E-state index in [1.54, 1.807) is 0 Å². The van der Waals surface area contributed by atoms with Gasteiger partial charge in [0.05, 0.1) is 12.3 Å². The first-order chi connectivity index (χ1) is 13.3. The fourth-order valence-electron chi connectivity index (χ4n) is 3.14. The van der Waals surface area contributed by atoms with Gasteiger partial charge >= 0.3 is 6.09 Å². The molecule has 1 heterocycles. The third-order valence-corrected chi connectivity index (χ3v) is 6.40. The third kappa shape index (κ3) is 4.80. The minimum atomic E-state index is -0.978. The Morgan fingerprint density at radius 3 is 2.64 bits per heavy atom. The first-order valence-corrected chi connectivity index (χ1v) is 10.8. The monoisotopic (exact) mass is 401 g/mol. The van der Waals surface area contributed by atoms with Gasteiger partial charge in [-0.1, -0.05) is 6.07 Å². The number of anilines is 1. The van der Waals surface area contributed by atoms with E-state index in [9.17, 15) is 9.35 Å². The van der Waals surface area contributed by atoms with Crippen molar-refractivity contribution in [3.05, 3.63) is 53.1 Å². The molecule has 1 amide bonds. The summed E-state index contributed by atoms with van der Waals surface area (Å²) < 4.78 is 23.6. The number of hydrogen-bond donors (Lipinski definition) is 1. The number of rotatable bonds is 7. The number of benzene rings is 2. The highest BCUT2D eigenvalue weighted by Gasteiger charge is 2.33. The van der Waals surface area contributed by atoms with Gasteiger partial charge in [-0.2, -0.15) is 0 Å². The second-order valence-electron chi connectivity index (χ2n) is 7.58. The Morgan fingerprint density at radius 2 is 1.89 bits per heavy atom. The summed E-state index contributed by atoms with van der Waals surface area (Å²) in [6.07, 6.45) is 1.21. The summed E-state index contributed by atoms with van der Waals surface area (Å²) in [4.78, 5) is 12.5. The number of fused-ring (bicyclic) bond motifs is 1. The summed E-state index contributed by atoms with van der Waals surface area (Å²) in [6, 6.07) is 11.6. The molecule has 28 heavy (non-hydrogen) atoms. The van der Waals surface area contributed by atoms with E-state index in [2.05, 4.69) is 12.2 Å². The largest absolute Gasteiger partial charge is 0.611 e. The Hall–Kier alpha value is -2.18.